The van der Waals surface area contributed by atoms with Crippen molar-refractivity contribution in [2.45, 2.75) is 60.0 Å². The van der Waals surface area contributed by atoms with Crippen LogP contribution in [0.15, 0.2) is 24.3 Å². The fourth-order valence-electron chi connectivity index (χ4n) is 1.40. The molecule has 0 bridgehead atoms. The quantitative estimate of drug-likeness (QED) is 0.592. The minimum atomic E-state index is -0.0485. The molecule has 0 N–H and O–H groups in total. The van der Waals surface area contributed by atoms with Gasteiger partial charge in [0.25, 0.3) is 0 Å². The van der Waals surface area contributed by atoms with E-state index in [1.807, 2.05) is 0 Å². The van der Waals surface area contributed by atoms with Crippen molar-refractivity contribution < 1.29 is 4.74 Å². The van der Waals surface area contributed by atoms with Gasteiger partial charge >= 0.3 is 0 Å². The molecule has 0 aromatic heterocycles. The first-order valence-electron chi connectivity index (χ1n) is 6.19. The molecule has 0 fully saturated rings. The standard InChI is InChI=1S/C15H28O/c1-7-9-11-15(6,12-10-8-2)13-16-14(3,4)5/h7-10H,11-13H2,1-6H3. The van der Waals surface area contributed by atoms with E-state index in [1.54, 1.807) is 0 Å². The summed E-state index contributed by atoms with van der Waals surface area (Å²) in [7, 11) is 0. The molecule has 0 spiro atoms. The van der Waals surface area contributed by atoms with Crippen molar-refractivity contribution in [3.8, 4) is 0 Å². The monoisotopic (exact) mass is 224 g/mol. The van der Waals surface area contributed by atoms with E-state index in [4.69, 9.17) is 4.74 Å². The van der Waals surface area contributed by atoms with E-state index in [0.29, 0.717) is 0 Å². The van der Waals surface area contributed by atoms with Crippen molar-refractivity contribution in [2.75, 3.05) is 6.61 Å². The summed E-state index contributed by atoms with van der Waals surface area (Å²) in [4.78, 5) is 0. The van der Waals surface area contributed by atoms with Gasteiger partial charge in [0, 0.05) is 0 Å². The van der Waals surface area contributed by atoms with Gasteiger partial charge in [-0.15, -0.1) is 0 Å². The summed E-state index contributed by atoms with van der Waals surface area (Å²) in [5.41, 5.74) is 0.166. The lowest BCUT2D eigenvalue weighted by atomic mass is 9.83. The van der Waals surface area contributed by atoms with Crippen molar-refractivity contribution in [3.63, 3.8) is 0 Å². The van der Waals surface area contributed by atoms with Crippen LogP contribution in [-0.2, 0) is 4.74 Å². The highest BCUT2D eigenvalue weighted by molar-refractivity contribution is 4.93. The molecule has 0 saturated carbocycles. The fourth-order valence-corrected chi connectivity index (χ4v) is 1.40. The van der Waals surface area contributed by atoms with Gasteiger partial charge in [0.05, 0.1) is 12.2 Å². The van der Waals surface area contributed by atoms with Gasteiger partial charge in [-0.25, -0.2) is 0 Å². The van der Waals surface area contributed by atoms with Crippen LogP contribution in [0.3, 0.4) is 0 Å². The van der Waals surface area contributed by atoms with Crippen LogP contribution < -0.4 is 0 Å². The number of ether oxygens (including phenoxy) is 1. The molecule has 1 heteroatoms. The zero-order valence-corrected chi connectivity index (χ0v) is 11.8. The molecular weight excluding hydrogens is 196 g/mol. The second-order valence-electron chi connectivity index (χ2n) is 5.76. The van der Waals surface area contributed by atoms with Crippen molar-refractivity contribution in [2.24, 2.45) is 5.41 Å². The molecule has 0 rings (SSSR count). The van der Waals surface area contributed by atoms with Crippen LogP contribution in [0.1, 0.15) is 54.4 Å². The average Bonchev–Trinajstić information content (AvgIpc) is 2.20. The van der Waals surface area contributed by atoms with E-state index in [1.165, 1.54) is 0 Å². The van der Waals surface area contributed by atoms with Gasteiger partial charge in [0.2, 0.25) is 0 Å². The largest absolute Gasteiger partial charge is 0.375 e. The minimum Gasteiger partial charge on any atom is -0.375 e. The first-order valence-corrected chi connectivity index (χ1v) is 6.19. The minimum absolute atomic E-state index is 0.0485. The third-order valence-electron chi connectivity index (χ3n) is 2.55. The van der Waals surface area contributed by atoms with Crippen molar-refractivity contribution in [1.82, 2.24) is 0 Å². The average molecular weight is 224 g/mol. The van der Waals surface area contributed by atoms with Crippen molar-refractivity contribution in [1.29, 1.82) is 0 Å². The molecule has 0 amide bonds. The van der Waals surface area contributed by atoms with E-state index in [-0.39, 0.29) is 11.0 Å². The molecule has 0 atom stereocenters. The molecule has 0 aromatic carbocycles. The van der Waals surface area contributed by atoms with Crippen LogP contribution in [0.4, 0.5) is 0 Å². The van der Waals surface area contributed by atoms with Gasteiger partial charge in [-0.1, -0.05) is 31.2 Å². The van der Waals surface area contributed by atoms with Gasteiger partial charge in [0.1, 0.15) is 0 Å². The number of hydrogen-bond donors (Lipinski definition) is 0. The smallest absolute Gasteiger partial charge is 0.0598 e. The molecule has 0 radical (unpaired) electrons. The maximum atomic E-state index is 5.92. The molecule has 0 saturated heterocycles. The van der Waals surface area contributed by atoms with Crippen LogP contribution in [0.25, 0.3) is 0 Å². The van der Waals surface area contributed by atoms with Gasteiger partial charge in [0.15, 0.2) is 0 Å². The highest BCUT2D eigenvalue weighted by Crippen LogP contribution is 2.29. The Kier molecular flexibility index (Phi) is 6.66. The topological polar surface area (TPSA) is 9.23 Å². The van der Waals surface area contributed by atoms with E-state index in [2.05, 4.69) is 65.8 Å². The molecule has 0 unspecified atom stereocenters. The number of rotatable bonds is 6. The first-order chi connectivity index (χ1) is 7.33. The summed E-state index contributed by atoms with van der Waals surface area (Å²) in [5, 5.41) is 0. The highest BCUT2D eigenvalue weighted by atomic mass is 16.5. The summed E-state index contributed by atoms with van der Waals surface area (Å²) in [6.45, 7) is 13.6. The van der Waals surface area contributed by atoms with Crippen LogP contribution in [0.2, 0.25) is 0 Å². The lowest BCUT2D eigenvalue weighted by molar-refractivity contribution is -0.0462. The van der Waals surface area contributed by atoms with E-state index in [0.717, 1.165) is 19.4 Å². The molecule has 94 valence electrons. The zero-order chi connectivity index (χ0) is 12.7. The second kappa shape index (κ2) is 6.90. The lowest BCUT2D eigenvalue weighted by Gasteiger charge is -2.31. The second-order valence-corrected chi connectivity index (χ2v) is 5.76. The van der Waals surface area contributed by atoms with E-state index < -0.39 is 0 Å². The third-order valence-corrected chi connectivity index (χ3v) is 2.55. The lowest BCUT2D eigenvalue weighted by Crippen LogP contribution is -2.29. The molecular formula is C15H28O. The van der Waals surface area contributed by atoms with Gasteiger partial charge in [-0.05, 0) is 52.9 Å². The van der Waals surface area contributed by atoms with Crippen molar-refractivity contribution >= 4 is 0 Å². The SMILES string of the molecule is CC=CCC(C)(CC=CC)COC(C)(C)C. The predicted molar refractivity (Wildman–Crippen MR) is 72.7 cm³/mol. The first kappa shape index (κ1) is 15.4. The summed E-state index contributed by atoms with van der Waals surface area (Å²) in [6, 6.07) is 0. The van der Waals surface area contributed by atoms with Crippen LogP contribution >= 0.6 is 0 Å². The normalized spacial score (nSPS) is 17.1. The van der Waals surface area contributed by atoms with E-state index in [9.17, 15) is 0 Å². The summed E-state index contributed by atoms with van der Waals surface area (Å²) < 4.78 is 5.92. The molecule has 1 nitrogen and oxygen atoms in total. The van der Waals surface area contributed by atoms with Gasteiger partial charge in [-0.3, -0.25) is 0 Å². The number of hydrogen-bond acceptors (Lipinski definition) is 1. The summed E-state index contributed by atoms with van der Waals surface area (Å²) in [6.07, 6.45) is 10.8. The molecule has 16 heavy (non-hydrogen) atoms. The summed E-state index contributed by atoms with van der Waals surface area (Å²) in [5.74, 6) is 0. The van der Waals surface area contributed by atoms with Gasteiger partial charge < -0.3 is 4.74 Å². The Hall–Kier alpha value is -0.560. The highest BCUT2D eigenvalue weighted by Gasteiger charge is 2.24. The summed E-state index contributed by atoms with van der Waals surface area (Å²) >= 11 is 0. The Morgan fingerprint density at radius 3 is 1.62 bits per heavy atom. The zero-order valence-electron chi connectivity index (χ0n) is 11.8. The predicted octanol–water partition coefficient (Wildman–Crippen LogP) is 4.74. The molecule has 0 aliphatic rings. The Labute approximate surface area is 102 Å². The van der Waals surface area contributed by atoms with Gasteiger partial charge in [-0.2, -0.15) is 0 Å². The van der Waals surface area contributed by atoms with Crippen molar-refractivity contribution in [3.05, 3.63) is 24.3 Å². The van der Waals surface area contributed by atoms with Crippen LogP contribution in [-0.4, -0.2) is 12.2 Å². The maximum absolute atomic E-state index is 5.92. The third kappa shape index (κ3) is 7.70. The molecule has 0 aliphatic heterocycles. The molecule has 0 aliphatic carbocycles. The Bertz CT molecular complexity index is 216. The van der Waals surface area contributed by atoms with Crippen LogP contribution in [0.5, 0.6) is 0 Å². The Morgan fingerprint density at radius 2 is 1.31 bits per heavy atom. The molecule has 0 aromatic rings. The Balaban J connectivity index is 4.40. The number of allylic oxidation sites excluding steroid dienone is 4. The fraction of sp³-hybridized carbons (Fsp3) is 0.733. The molecule has 0 heterocycles. The maximum Gasteiger partial charge on any atom is 0.0598 e. The Morgan fingerprint density at radius 1 is 0.875 bits per heavy atom. The van der Waals surface area contributed by atoms with E-state index >= 15 is 0 Å². The van der Waals surface area contributed by atoms with Crippen LogP contribution in [0, 0.1) is 5.41 Å².